The number of benzene rings is 1. The number of aliphatic carboxylic acids is 1. The van der Waals surface area contributed by atoms with E-state index in [9.17, 15) is 24.9 Å². The number of carbonyl (C=O) groups excluding carboxylic acids is 1. The van der Waals surface area contributed by atoms with Crippen molar-refractivity contribution >= 4 is 11.8 Å². The highest BCUT2D eigenvalue weighted by Gasteiger charge is 2.41. The summed E-state index contributed by atoms with van der Waals surface area (Å²) < 4.78 is 0. The van der Waals surface area contributed by atoms with Gasteiger partial charge in [0.25, 0.3) is 0 Å². The predicted molar refractivity (Wildman–Crippen MR) is 109 cm³/mol. The van der Waals surface area contributed by atoms with Crippen LogP contribution in [0.4, 0.5) is 0 Å². The van der Waals surface area contributed by atoms with Gasteiger partial charge in [-0.2, -0.15) is 0 Å². The highest BCUT2D eigenvalue weighted by Crippen LogP contribution is 2.36. The molecule has 0 radical (unpaired) electrons. The van der Waals surface area contributed by atoms with Crippen LogP contribution < -0.4 is 0 Å². The molecule has 0 unspecified atom stereocenters. The topological polar surface area (TPSA) is 115 Å². The van der Waals surface area contributed by atoms with Gasteiger partial charge in [0, 0.05) is 37.5 Å². The monoisotopic (exact) mass is 404 g/mol. The van der Waals surface area contributed by atoms with E-state index in [1.165, 1.54) is 0 Å². The maximum absolute atomic E-state index is 12.2. The zero-order valence-electron chi connectivity index (χ0n) is 16.7. The van der Waals surface area contributed by atoms with Crippen LogP contribution in [0.15, 0.2) is 42.5 Å². The number of hydrogen-bond donors (Lipinski definition) is 4. The van der Waals surface area contributed by atoms with E-state index in [0.29, 0.717) is 19.3 Å². The number of hydrogen-bond acceptors (Lipinski definition) is 5. The van der Waals surface area contributed by atoms with Crippen molar-refractivity contribution in [3.8, 4) is 0 Å². The number of aliphatic hydroxyl groups is 3. The Labute approximate surface area is 171 Å². The molecular formula is C23H32O6. The lowest BCUT2D eigenvalue weighted by molar-refractivity contribution is -0.137. The Balaban J connectivity index is 1.83. The summed E-state index contributed by atoms with van der Waals surface area (Å²) in [5, 5.41) is 39.4. The lowest BCUT2D eigenvalue weighted by Crippen LogP contribution is -2.24. The van der Waals surface area contributed by atoms with Gasteiger partial charge in [0.2, 0.25) is 0 Å². The van der Waals surface area contributed by atoms with Crippen molar-refractivity contribution in [1.82, 2.24) is 0 Å². The second kappa shape index (κ2) is 11.9. The summed E-state index contributed by atoms with van der Waals surface area (Å²) >= 11 is 0. The first kappa shape index (κ1) is 23.3. The number of carboxylic acid groups (broad SMARTS) is 1. The molecule has 0 aliphatic heterocycles. The number of rotatable bonds is 12. The Bertz CT molecular complexity index is 671. The summed E-state index contributed by atoms with van der Waals surface area (Å²) in [6, 6.07) is 9.87. The highest BCUT2D eigenvalue weighted by atomic mass is 16.4. The standard InChI is InChI=1S/C23H32O6/c24-17(11-10-16-6-2-1-3-7-16)12-13-19-20(22(27)15-21(19)26)14-18(25)8-4-5-9-23(28)29/h1-3,6-7,12-13,17,19-22,24,26-27H,4-5,8-11,14-15H2,(H,28,29)/t17-,19+,20+,21+,22-/m0/s1. The molecule has 1 fully saturated rings. The maximum atomic E-state index is 12.2. The predicted octanol–water partition coefficient (Wildman–Crippen LogP) is 2.50. The smallest absolute Gasteiger partial charge is 0.303 e. The van der Waals surface area contributed by atoms with Crippen LogP contribution in [0.1, 0.15) is 50.5 Å². The van der Waals surface area contributed by atoms with Gasteiger partial charge in [-0.3, -0.25) is 9.59 Å². The van der Waals surface area contributed by atoms with Crippen molar-refractivity contribution in [2.45, 2.75) is 69.7 Å². The van der Waals surface area contributed by atoms with E-state index in [4.69, 9.17) is 5.11 Å². The minimum absolute atomic E-state index is 0.0310. The quantitative estimate of drug-likeness (QED) is 0.314. The Kier molecular flexibility index (Phi) is 9.51. The zero-order chi connectivity index (χ0) is 21.2. The second-order valence-electron chi connectivity index (χ2n) is 7.93. The molecule has 0 spiro atoms. The van der Waals surface area contributed by atoms with Crippen molar-refractivity contribution in [3.63, 3.8) is 0 Å². The molecule has 1 aromatic carbocycles. The van der Waals surface area contributed by atoms with Crippen molar-refractivity contribution in [3.05, 3.63) is 48.0 Å². The van der Waals surface area contributed by atoms with Gasteiger partial charge in [-0.25, -0.2) is 0 Å². The molecule has 1 aromatic rings. The average molecular weight is 405 g/mol. The Morgan fingerprint density at radius 2 is 1.76 bits per heavy atom. The maximum Gasteiger partial charge on any atom is 0.303 e. The van der Waals surface area contributed by atoms with Crippen LogP contribution >= 0.6 is 0 Å². The average Bonchev–Trinajstić information content (AvgIpc) is 2.95. The van der Waals surface area contributed by atoms with Gasteiger partial charge < -0.3 is 20.4 Å². The van der Waals surface area contributed by atoms with E-state index in [1.807, 2.05) is 30.3 Å². The van der Waals surface area contributed by atoms with Crippen LogP contribution in [0.25, 0.3) is 0 Å². The van der Waals surface area contributed by atoms with Crippen LogP contribution in [-0.2, 0) is 16.0 Å². The molecule has 0 bridgehead atoms. The summed E-state index contributed by atoms with van der Waals surface area (Å²) in [6.45, 7) is 0. The van der Waals surface area contributed by atoms with E-state index < -0.39 is 24.3 Å². The summed E-state index contributed by atoms with van der Waals surface area (Å²) in [7, 11) is 0. The molecule has 1 saturated carbocycles. The first-order valence-corrected chi connectivity index (χ1v) is 10.4. The molecule has 0 aromatic heterocycles. The number of aryl methyl sites for hydroxylation is 1. The molecular weight excluding hydrogens is 372 g/mol. The van der Waals surface area contributed by atoms with Crippen LogP contribution in [-0.4, -0.2) is 50.5 Å². The van der Waals surface area contributed by atoms with Crippen molar-refractivity contribution in [1.29, 1.82) is 0 Å². The first-order chi connectivity index (χ1) is 13.9. The molecule has 6 nitrogen and oxygen atoms in total. The SMILES string of the molecule is O=C(O)CCCCC(=O)C[C@@H]1[C@@H](C=C[C@@H](O)CCc2ccccc2)[C@H](O)C[C@@H]1O. The molecule has 0 amide bonds. The van der Waals surface area contributed by atoms with E-state index in [0.717, 1.165) is 12.0 Å². The van der Waals surface area contributed by atoms with Gasteiger partial charge >= 0.3 is 5.97 Å². The lowest BCUT2D eigenvalue weighted by Gasteiger charge is -2.20. The lowest BCUT2D eigenvalue weighted by atomic mass is 9.87. The fourth-order valence-electron chi connectivity index (χ4n) is 3.94. The fourth-order valence-corrected chi connectivity index (χ4v) is 3.94. The Morgan fingerprint density at radius 1 is 1.07 bits per heavy atom. The molecule has 1 aliphatic rings. The zero-order valence-corrected chi connectivity index (χ0v) is 16.7. The number of unbranched alkanes of at least 4 members (excludes halogenated alkanes) is 1. The molecule has 5 atom stereocenters. The number of ketones is 1. The fraction of sp³-hybridized carbons (Fsp3) is 0.565. The number of aliphatic hydroxyl groups excluding tert-OH is 3. The minimum Gasteiger partial charge on any atom is -0.481 e. The molecule has 160 valence electrons. The molecule has 6 heteroatoms. The number of Topliss-reactive ketones (excluding diaryl/α,β-unsaturated/α-hetero) is 1. The van der Waals surface area contributed by atoms with Crippen LogP contribution in [0, 0.1) is 11.8 Å². The largest absolute Gasteiger partial charge is 0.481 e. The van der Waals surface area contributed by atoms with E-state index in [-0.39, 0.29) is 43.3 Å². The molecule has 4 N–H and O–H groups in total. The Hall–Kier alpha value is -2.02. The third-order valence-electron chi connectivity index (χ3n) is 5.60. The normalized spacial score (nSPS) is 25.3. The number of carboxylic acids is 1. The third-order valence-corrected chi connectivity index (χ3v) is 5.60. The molecule has 1 aliphatic carbocycles. The molecule has 0 heterocycles. The van der Waals surface area contributed by atoms with Gasteiger partial charge in [-0.05, 0) is 31.2 Å². The van der Waals surface area contributed by atoms with Crippen LogP contribution in [0.3, 0.4) is 0 Å². The number of carbonyl (C=O) groups is 2. The summed E-state index contributed by atoms with van der Waals surface area (Å²) in [5.41, 5.74) is 1.14. The minimum atomic E-state index is -0.872. The highest BCUT2D eigenvalue weighted by molar-refractivity contribution is 5.78. The summed E-state index contributed by atoms with van der Waals surface area (Å²) in [4.78, 5) is 22.8. The van der Waals surface area contributed by atoms with E-state index >= 15 is 0 Å². The van der Waals surface area contributed by atoms with Crippen molar-refractivity contribution < 1.29 is 30.0 Å². The molecule has 29 heavy (non-hydrogen) atoms. The van der Waals surface area contributed by atoms with Gasteiger partial charge in [0.05, 0.1) is 18.3 Å². The molecule has 0 saturated heterocycles. The summed E-state index contributed by atoms with van der Waals surface area (Å²) in [6.07, 6.45) is 4.17. The van der Waals surface area contributed by atoms with Gasteiger partial charge in [0.15, 0.2) is 0 Å². The van der Waals surface area contributed by atoms with Crippen molar-refractivity contribution in [2.24, 2.45) is 11.8 Å². The van der Waals surface area contributed by atoms with E-state index in [2.05, 4.69) is 0 Å². The Morgan fingerprint density at radius 3 is 2.45 bits per heavy atom. The van der Waals surface area contributed by atoms with Crippen LogP contribution in [0.5, 0.6) is 0 Å². The van der Waals surface area contributed by atoms with Crippen LogP contribution in [0.2, 0.25) is 0 Å². The van der Waals surface area contributed by atoms with Crippen molar-refractivity contribution in [2.75, 3.05) is 0 Å². The summed E-state index contributed by atoms with van der Waals surface area (Å²) in [5.74, 6) is -1.66. The van der Waals surface area contributed by atoms with E-state index in [1.54, 1.807) is 12.2 Å². The van der Waals surface area contributed by atoms with Gasteiger partial charge in [-0.15, -0.1) is 0 Å². The third kappa shape index (κ3) is 8.09. The van der Waals surface area contributed by atoms with Gasteiger partial charge in [-0.1, -0.05) is 42.5 Å². The first-order valence-electron chi connectivity index (χ1n) is 10.4. The second-order valence-corrected chi connectivity index (χ2v) is 7.93. The molecule has 2 rings (SSSR count). The van der Waals surface area contributed by atoms with Gasteiger partial charge in [0.1, 0.15) is 5.78 Å².